The number of aromatic nitrogens is 2. The van der Waals surface area contributed by atoms with Gasteiger partial charge in [-0.3, -0.25) is 4.79 Å². The first-order valence-electron chi connectivity index (χ1n) is 10.8. The van der Waals surface area contributed by atoms with Crippen molar-refractivity contribution in [1.82, 2.24) is 9.97 Å². The summed E-state index contributed by atoms with van der Waals surface area (Å²) in [5, 5.41) is 9.68. The van der Waals surface area contributed by atoms with Crippen molar-refractivity contribution < 1.29 is 19.4 Å². The molecule has 4 aromatic rings. The van der Waals surface area contributed by atoms with Crippen LogP contribution in [0.2, 0.25) is 0 Å². The lowest BCUT2D eigenvalue weighted by molar-refractivity contribution is -0.145. The molecule has 0 bridgehead atoms. The maximum Gasteiger partial charge on any atom is 0.349 e. The quantitative estimate of drug-likeness (QED) is 0.301. The van der Waals surface area contributed by atoms with Crippen LogP contribution in [0.3, 0.4) is 0 Å². The molecule has 0 radical (unpaired) electrons. The predicted molar refractivity (Wildman–Crippen MR) is 133 cm³/mol. The molecule has 0 fully saturated rings. The number of rotatable bonds is 8. The Morgan fingerprint density at radius 3 is 2.46 bits per heavy atom. The zero-order valence-electron chi connectivity index (χ0n) is 18.9. The summed E-state index contributed by atoms with van der Waals surface area (Å²) in [4.78, 5) is 30.7. The van der Waals surface area contributed by atoms with Crippen LogP contribution in [0.15, 0.2) is 77.6 Å². The molecular weight excluding hydrogens is 448 g/mol. The number of nitrogens with zero attached hydrogens (tertiary/aromatic N) is 1. The molecule has 4 rings (SSSR count). The summed E-state index contributed by atoms with van der Waals surface area (Å²) < 4.78 is 11.6. The number of ether oxygens (including phenoxy) is 2. The Balaban J connectivity index is 1.69. The molecular formula is C26H24N4O5. The van der Waals surface area contributed by atoms with Gasteiger partial charge in [-0.1, -0.05) is 48.5 Å². The summed E-state index contributed by atoms with van der Waals surface area (Å²) >= 11 is 0. The van der Waals surface area contributed by atoms with Crippen LogP contribution in [-0.2, 0) is 4.79 Å². The number of hydrogen-bond acceptors (Lipinski definition) is 7. The number of nitrogens with two attached hydrogens (primary N) is 2. The minimum absolute atomic E-state index is 0.0634. The zero-order chi connectivity index (χ0) is 24.9. The lowest BCUT2D eigenvalue weighted by Crippen LogP contribution is -2.18. The molecule has 0 spiro atoms. The highest BCUT2D eigenvalue weighted by Gasteiger charge is 2.22. The van der Waals surface area contributed by atoms with E-state index in [1.165, 1.54) is 0 Å². The van der Waals surface area contributed by atoms with E-state index in [-0.39, 0.29) is 17.3 Å². The maximum atomic E-state index is 12.1. The number of carbonyl (C=O) groups is 1. The van der Waals surface area contributed by atoms with Crippen molar-refractivity contribution in [2.24, 2.45) is 0 Å². The van der Waals surface area contributed by atoms with Crippen LogP contribution in [0.1, 0.15) is 18.6 Å². The molecule has 1 atom stereocenters. The van der Waals surface area contributed by atoms with Gasteiger partial charge in [0, 0.05) is 5.56 Å². The number of benzene rings is 3. The SMILES string of the molecule is CCOc1cc(-c2cccc(OC(C(=O)O)c3ccccc3)c2)ccc1-c1nc(N)c(N)c(=O)[nH]1. The van der Waals surface area contributed by atoms with E-state index in [4.69, 9.17) is 20.9 Å². The van der Waals surface area contributed by atoms with Gasteiger partial charge in [-0.2, -0.15) is 0 Å². The van der Waals surface area contributed by atoms with Crippen LogP contribution in [0.5, 0.6) is 11.5 Å². The van der Waals surface area contributed by atoms with Gasteiger partial charge in [0.05, 0.1) is 12.2 Å². The second-order valence-electron chi connectivity index (χ2n) is 7.63. The number of nitrogen functional groups attached to an aromatic ring is 2. The minimum atomic E-state index is -1.15. The van der Waals surface area contributed by atoms with Crippen molar-refractivity contribution in [2.75, 3.05) is 18.1 Å². The molecule has 0 aliphatic heterocycles. The maximum absolute atomic E-state index is 12.1. The van der Waals surface area contributed by atoms with Crippen molar-refractivity contribution in [3.8, 4) is 34.0 Å². The van der Waals surface area contributed by atoms with Crippen LogP contribution in [0.4, 0.5) is 11.5 Å². The van der Waals surface area contributed by atoms with E-state index in [1.807, 2.05) is 25.1 Å². The predicted octanol–water partition coefficient (Wildman–Crippen LogP) is 3.87. The first-order chi connectivity index (χ1) is 16.9. The number of anilines is 2. The number of H-pyrrole nitrogens is 1. The monoisotopic (exact) mass is 472 g/mol. The summed E-state index contributed by atoms with van der Waals surface area (Å²) in [6.45, 7) is 2.22. The molecule has 9 nitrogen and oxygen atoms in total. The second kappa shape index (κ2) is 10.0. The standard InChI is InChI=1S/C26H24N4O5/c1-2-34-20-14-17(11-12-19(20)24-29-23(28)21(27)25(31)30-24)16-9-6-10-18(13-16)35-22(26(32)33)15-7-4-3-5-8-15/h3-14,22H,2,27H2,1H3,(H,32,33)(H3,28,29,30,31). The van der Waals surface area contributed by atoms with Gasteiger partial charge in [0.2, 0.25) is 6.10 Å². The molecule has 0 saturated heterocycles. The molecule has 0 saturated carbocycles. The van der Waals surface area contributed by atoms with E-state index >= 15 is 0 Å². The first kappa shape index (κ1) is 23.4. The summed E-state index contributed by atoms with van der Waals surface area (Å²) in [5.74, 6) is -0.0317. The minimum Gasteiger partial charge on any atom is -0.493 e. The Kier molecular flexibility index (Phi) is 6.68. The fraction of sp³-hybridized carbons (Fsp3) is 0.115. The normalized spacial score (nSPS) is 11.6. The van der Waals surface area contributed by atoms with Gasteiger partial charge in [0.15, 0.2) is 5.82 Å². The van der Waals surface area contributed by atoms with Crippen molar-refractivity contribution in [3.05, 3.63) is 88.7 Å². The van der Waals surface area contributed by atoms with E-state index in [9.17, 15) is 14.7 Å². The highest BCUT2D eigenvalue weighted by molar-refractivity contribution is 5.76. The molecule has 0 amide bonds. The Morgan fingerprint density at radius 1 is 1.03 bits per heavy atom. The summed E-state index contributed by atoms with van der Waals surface area (Å²) in [5.41, 5.74) is 13.4. The van der Waals surface area contributed by atoms with Crippen molar-refractivity contribution >= 4 is 17.5 Å². The van der Waals surface area contributed by atoms with Crippen LogP contribution in [0.25, 0.3) is 22.5 Å². The average Bonchev–Trinajstić information content (AvgIpc) is 2.86. The zero-order valence-corrected chi connectivity index (χ0v) is 18.9. The third-order valence-corrected chi connectivity index (χ3v) is 5.27. The number of carboxylic acid groups (broad SMARTS) is 1. The Hall–Kier alpha value is -4.79. The molecule has 3 aromatic carbocycles. The molecule has 1 aromatic heterocycles. The third-order valence-electron chi connectivity index (χ3n) is 5.27. The number of aromatic amines is 1. The van der Waals surface area contributed by atoms with Gasteiger partial charge in [0.1, 0.15) is 23.0 Å². The molecule has 9 heteroatoms. The van der Waals surface area contributed by atoms with E-state index in [0.29, 0.717) is 29.2 Å². The first-order valence-corrected chi connectivity index (χ1v) is 10.8. The van der Waals surface area contributed by atoms with E-state index in [0.717, 1.165) is 11.1 Å². The second-order valence-corrected chi connectivity index (χ2v) is 7.63. The lowest BCUT2D eigenvalue weighted by atomic mass is 10.0. The number of nitrogens with one attached hydrogen (secondary N) is 1. The van der Waals surface area contributed by atoms with E-state index < -0.39 is 17.6 Å². The topological polar surface area (TPSA) is 154 Å². The van der Waals surface area contributed by atoms with Gasteiger partial charge < -0.3 is 31.0 Å². The molecule has 1 unspecified atom stereocenters. The molecule has 178 valence electrons. The van der Waals surface area contributed by atoms with Gasteiger partial charge >= 0.3 is 5.97 Å². The fourth-order valence-corrected chi connectivity index (χ4v) is 3.57. The summed E-state index contributed by atoms with van der Waals surface area (Å²) in [6.07, 6.45) is -1.15. The van der Waals surface area contributed by atoms with Crippen LogP contribution < -0.4 is 26.5 Å². The molecule has 0 aliphatic carbocycles. The van der Waals surface area contributed by atoms with Crippen LogP contribution in [0, 0.1) is 0 Å². The third kappa shape index (κ3) is 5.09. The van der Waals surface area contributed by atoms with Crippen molar-refractivity contribution in [3.63, 3.8) is 0 Å². The Bertz CT molecular complexity index is 1420. The number of carboxylic acids is 1. The summed E-state index contributed by atoms with van der Waals surface area (Å²) in [7, 11) is 0. The Morgan fingerprint density at radius 2 is 1.77 bits per heavy atom. The molecule has 0 aliphatic rings. The van der Waals surface area contributed by atoms with E-state index in [2.05, 4.69) is 9.97 Å². The van der Waals surface area contributed by atoms with Gasteiger partial charge in [-0.15, -0.1) is 0 Å². The smallest absolute Gasteiger partial charge is 0.349 e. The number of hydrogen-bond donors (Lipinski definition) is 4. The Labute approximate surface area is 201 Å². The van der Waals surface area contributed by atoms with Crippen molar-refractivity contribution in [2.45, 2.75) is 13.0 Å². The highest BCUT2D eigenvalue weighted by atomic mass is 16.5. The molecule has 1 heterocycles. The molecule has 6 N–H and O–H groups in total. The summed E-state index contributed by atoms with van der Waals surface area (Å²) in [6, 6.07) is 21.2. The highest BCUT2D eigenvalue weighted by Crippen LogP contribution is 2.34. The lowest BCUT2D eigenvalue weighted by Gasteiger charge is -2.17. The van der Waals surface area contributed by atoms with Crippen molar-refractivity contribution in [1.29, 1.82) is 0 Å². The van der Waals surface area contributed by atoms with Gasteiger partial charge in [0.25, 0.3) is 5.56 Å². The van der Waals surface area contributed by atoms with Crippen LogP contribution in [-0.4, -0.2) is 27.7 Å². The van der Waals surface area contributed by atoms with E-state index in [1.54, 1.807) is 54.6 Å². The number of aliphatic carboxylic acids is 1. The largest absolute Gasteiger partial charge is 0.493 e. The van der Waals surface area contributed by atoms with Gasteiger partial charge in [-0.25, -0.2) is 9.78 Å². The van der Waals surface area contributed by atoms with Gasteiger partial charge in [-0.05, 0) is 42.3 Å². The van der Waals surface area contributed by atoms with Crippen LogP contribution >= 0.6 is 0 Å². The fourth-order valence-electron chi connectivity index (χ4n) is 3.57. The molecule has 35 heavy (non-hydrogen) atoms. The average molecular weight is 473 g/mol.